The van der Waals surface area contributed by atoms with Gasteiger partial charge in [0.05, 0.1) is 6.04 Å². The summed E-state index contributed by atoms with van der Waals surface area (Å²) in [7, 11) is 0. The predicted molar refractivity (Wildman–Crippen MR) is 83.6 cm³/mol. The van der Waals surface area contributed by atoms with Crippen molar-refractivity contribution in [2.75, 3.05) is 6.54 Å². The molecule has 21 heavy (non-hydrogen) atoms. The lowest BCUT2D eigenvalue weighted by molar-refractivity contribution is 0.0984. The van der Waals surface area contributed by atoms with Crippen LogP contribution in [0.2, 0.25) is 0 Å². The first-order chi connectivity index (χ1) is 9.96. The van der Waals surface area contributed by atoms with Crippen LogP contribution in [0.4, 0.5) is 4.79 Å². The van der Waals surface area contributed by atoms with Gasteiger partial charge in [0.15, 0.2) is 0 Å². The second-order valence-corrected chi connectivity index (χ2v) is 6.41. The van der Waals surface area contributed by atoms with Crippen LogP contribution in [0.25, 0.3) is 0 Å². The van der Waals surface area contributed by atoms with E-state index in [9.17, 15) is 4.79 Å². The summed E-state index contributed by atoms with van der Waals surface area (Å²) >= 11 is 0. The molecule has 0 aliphatic carbocycles. The SMILES string of the molecule is CC(C)(C)C#CC1CCCN1C(=O)OCc1ccccc1. The standard InChI is InChI=1S/C18H23NO2/c1-18(2,3)12-11-16-10-7-13-19(16)17(20)21-14-15-8-5-4-6-9-15/h4-6,8-9,16H,7,10,13-14H2,1-3H3. The van der Waals surface area contributed by atoms with E-state index in [4.69, 9.17) is 4.74 Å². The summed E-state index contributed by atoms with van der Waals surface area (Å²) in [4.78, 5) is 13.9. The van der Waals surface area contributed by atoms with E-state index in [1.54, 1.807) is 4.90 Å². The van der Waals surface area contributed by atoms with Crippen molar-refractivity contribution in [2.45, 2.75) is 46.3 Å². The van der Waals surface area contributed by atoms with E-state index in [0.717, 1.165) is 24.9 Å². The Balaban J connectivity index is 1.93. The number of amides is 1. The molecule has 3 nitrogen and oxygen atoms in total. The number of carbonyl (C=O) groups is 1. The fourth-order valence-corrected chi connectivity index (χ4v) is 2.24. The molecule has 1 fully saturated rings. The fraction of sp³-hybridized carbons (Fsp3) is 0.500. The molecule has 2 rings (SSSR count). The molecule has 0 radical (unpaired) electrons. The molecular formula is C18H23NO2. The molecule has 1 aromatic carbocycles. The smallest absolute Gasteiger partial charge is 0.411 e. The highest BCUT2D eigenvalue weighted by molar-refractivity contribution is 5.69. The van der Waals surface area contributed by atoms with Crippen LogP contribution in [0, 0.1) is 17.3 Å². The lowest BCUT2D eigenvalue weighted by atomic mass is 9.97. The molecule has 1 amide bonds. The Labute approximate surface area is 127 Å². The molecule has 0 spiro atoms. The van der Waals surface area contributed by atoms with Crippen molar-refractivity contribution in [3.05, 3.63) is 35.9 Å². The van der Waals surface area contributed by atoms with Gasteiger partial charge in [-0.1, -0.05) is 42.2 Å². The number of hydrogen-bond donors (Lipinski definition) is 0. The zero-order chi connectivity index (χ0) is 15.3. The molecule has 0 aromatic heterocycles. The van der Waals surface area contributed by atoms with E-state index in [0.29, 0.717) is 6.61 Å². The minimum Gasteiger partial charge on any atom is -0.445 e. The summed E-state index contributed by atoms with van der Waals surface area (Å²) in [6, 6.07) is 9.73. The summed E-state index contributed by atoms with van der Waals surface area (Å²) in [6.07, 6.45) is 1.66. The van der Waals surface area contributed by atoms with E-state index < -0.39 is 0 Å². The van der Waals surface area contributed by atoms with Gasteiger partial charge in [0, 0.05) is 12.0 Å². The van der Waals surface area contributed by atoms with Gasteiger partial charge in [0.1, 0.15) is 6.61 Å². The maximum Gasteiger partial charge on any atom is 0.411 e. The van der Waals surface area contributed by atoms with Crippen LogP contribution in [-0.2, 0) is 11.3 Å². The van der Waals surface area contributed by atoms with Crippen LogP contribution in [0.3, 0.4) is 0 Å². The van der Waals surface area contributed by atoms with Gasteiger partial charge in [-0.3, -0.25) is 4.90 Å². The summed E-state index contributed by atoms with van der Waals surface area (Å²) < 4.78 is 5.39. The van der Waals surface area contributed by atoms with Gasteiger partial charge in [-0.15, -0.1) is 0 Å². The van der Waals surface area contributed by atoms with Gasteiger partial charge in [0.25, 0.3) is 0 Å². The molecule has 0 saturated carbocycles. The van der Waals surface area contributed by atoms with Gasteiger partial charge < -0.3 is 4.74 Å². The van der Waals surface area contributed by atoms with E-state index in [1.165, 1.54) is 0 Å². The lowest BCUT2D eigenvalue weighted by Crippen LogP contribution is -2.35. The van der Waals surface area contributed by atoms with E-state index in [2.05, 4.69) is 32.6 Å². The molecular weight excluding hydrogens is 262 g/mol. The monoisotopic (exact) mass is 285 g/mol. The second-order valence-electron chi connectivity index (χ2n) is 6.41. The number of nitrogens with zero attached hydrogens (tertiary/aromatic N) is 1. The van der Waals surface area contributed by atoms with Crippen molar-refractivity contribution in [3.8, 4) is 11.8 Å². The Kier molecular flexibility index (Phi) is 4.90. The predicted octanol–water partition coefficient (Wildman–Crippen LogP) is 3.84. The molecule has 3 heteroatoms. The highest BCUT2D eigenvalue weighted by Crippen LogP contribution is 2.19. The topological polar surface area (TPSA) is 29.5 Å². The Bertz CT molecular complexity index is 534. The van der Waals surface area contributed by atoms with Gasteiger partial charge in [-0.05, 0) is 39.2 Å². The van der Waals surface area contributed by atoms with Crippen LogP contribution in [0.1, 0.15) is 39.2 Å². The fourth-order valence-electron chi connectivity index (χ4n) is 2.24. The molecule has 1 atom stereocenters. The average Bonchev–Trinajstić information content (AvgIpc) is 2.91. The third-order valence-electron chi connectivity index (χ3n) is 3.31. The van der Waals surface area contributed by atoms with Crippen LogP contribution >= 0.6 is 0 Å². The first-order valence-electron chi connectivity index (χ1n) is 7.46. The molecule has 1 aromatic rings. The molecule has 0 N–H and O–H groups in total. The van der Waals surface area contributed by atoms with Gasteiger partial charge >= 0.3 is 6.09 Å². The third-order valence-corrected chi connectivity index (χ3v) is 3.31. The maximum atomic E-state index is 12.2. The molecule has 1 aliphatic heterocycles. The molecule has 1 heterocycles. The number of benzene rings is 1. The number of hydrogen-bond acceptors (Lipinski definition) is 2. The van der Waals surface area contributed by atoms with Crippen LogP contribution < -0.4 is 0 Å². The maximum absolute atomic E-state index is 12.2. The summed E-state index contributed by atoms with van der Waals surface area (Å²) in [5.41, 5.74) is 0.963. The highest BCUT2D eigenvalue weighted by Gasteiger charge is 2.28. The summed E-state index contributed by atoms with van der Waals surface area (Å²) in [6.45, 7) is 7.28. The van der Waals surface area contributed by atoms with Crippen molar-refractivity contribution in [2.24, 2.45) is 5.41 Å². The second kappa shape index (κ2) is 6.67. The van der Waals surface area contributed by atoms with E-state index >= 15 is 0 Å². The molecule has 0 bridgehead atoms. The number of carbonyl (C=O) groups excluding carboxylic acids is 1. The Morgan fingerprint density at radius 2 is 2.05 bits per heavy atom. The molecule has 112 valence electrons. The minimum atomic E-state index is -0.260. The van der Waals surface area contributed by atoms with Crippen molar-refractivity contribution < 1.29 is 9.53 Å². The van der Waals surface area contributed by atoms with Crippen LogP contribution in [0.15, 0.2) is 30.3 Å². The summed E-state index contributed by atoms with van der Waals surface area (Å²) in [5, 5.41) is 0. The van der Waals surface area contributed by atoms with Gasteiger partial charge in [-0.25, -0.2) is 4.79 Å². The highest BCUT2D eigenvalue weighted by atomic mass is 16.6. The Morgan fingerprint density at radius 3 is 2.71 bits per heavy atom. The van der Waals surface area contributed by atoms with E-state index in [-0.39, 0.29) is 17.6 Å². The number of ether oxygens (including phenoxy) is 1. The Morgan fingerprint density at radius 1 is 1.33 bits per heavy atom. The normalized spacial score (nSPS) is 18.0. The number of rotatable bonds is 2. The van der Waals surface area contributed by atoms with Crippen molar-refractivity contribution in [1.82, 2.24) is 4.90 Å². The van der Waals surface area contributed by atoms with Crippen LogP contribution in [0.5, 0.6) is 0 Å². The zero-order valence-corrected chi connectivity index (χ0v) is 13.1. The van der Waals surface area contributed by atoms with E-state index in [1.807, 2.05) is 30.3 Å². The lowest BCUT2D eigenvalue weighted by Gasteiger charge is -2.20. The van der Waals surface area contributed by atoms with Crippen molar-refractivity contribution in [1.29, 1.82) is 0 Å². The van der Waals surface area contributed by atoms with Gasteiger partial charge in [0.2, 0.25) is 0 Å². The van der Waals surface area contributed by atoms with Crippen molar-refractivity contribution in [3.63, 3.8) is 0 Å². The third kappa shape index (κ3) is 4.82. The largest absolute Gasteiger partial charge is 0.445 e. The van der Waals surface area contributed by atoms with Gasteiger partial charge in [-0.2, -0.15) is 0 Å². The number of likely N-dealkylation sites (tertiary alicyclic amines) is 1. The minimum absolute atomic E-state index is 0.00695. The molecule has 1 unspecified atom stereocenters. The Hall–Kier alpha value is -1.95. The molecule has 1 saturated heterocycles. The summed E-state index contributed by atoms with van der Waals surface area (Å²) in [5.74, 6) is 6.45. The molecule has 1 aliphatic rings. The van der Waals surface area contributed by atoms with Crippen molar-refractivity contribution >= 4 is 6.09 Å². The first kappa shape index (κ1) is 15.4. The average molecular weight is 285 g/mol. The quantitative estimate of drug-likeness (QED) is 0.773. The zero-order valence-electron chi connectivity index (χ0n) is 13.1. The van der Waals surface area contributed by atoms with Crippen LogP contribution in [-0.4, -0.2) is 23.6 Å². The first-order valence-corrected chi connectivity index (χ1v) is 7.46.